The van der Waals surface area contributed by atoms with Gasteiger partial charge in [-0.2, -0.15) is 0 Å². The van der Waals surface area contributed by atoms with Crippen LogP contribution in [0.25, 0.3) is 11.3 Å². The number of imidazole rings is 1. The van der Waals surface area contributed by atoms with E-state index in [9.17, 15) is 9.59 Å². The molecule has 1 aromatic heterocycles. The first kappa shape index (κ1) is 35.5. The van der Waals surface area contributed by atoms with Crippen LogP contribution in [0.15, 0.2) is 54.2 Å². The highest BCUT2D eigenvalue weighted by molar-refractivity contribution is 6.76. The van der Waals surface area contributed by atoms with Crippen molar-refractivity contribution in [3.05, 3.63) is 55.0 Å². The average Bonchev–Trinajstić information content (AvgIpc) is 3.30. The zero-order chi connectivity index (χ0) is 32.2. The molecule has 0 aliphatic rings. The number of carbonyl (C=O) groups is 2. The van der Waals surface area contributed by atoms with E-state index in [-0.39, 0.29) is 19.1 Å². The molecule has 1 aromatic carbocycles. The second-order valence-electron chi connectivity index (χ2n) is 12.6. The first-order valence-corrected chi connectivity index (χ1v) is 18.0. The van der Waals surface area contributed by atoms with Gasteiger partial charge in [0, 0.05) is 32.9 Å². The lowest BCUT2D eigenvalue weighted by Gasteiger charge is -2.23. The molecule has 0 aliphatic carbocycles. The van der Waals surface area contributed by atoms with Gasteiger partial charge in [0.05, 0.1) is 23.1 Å². The molecule has 2 rings (SSSR count). The minimum atomic E-state index is -1.31. The summed E-state index contributed by atoms with van der Waals surface area (Å²) in [6, 6.07) is 5.58. The Balaban J connectivity index is 2.55. The van der Waals surface area contributed by atoms with Gasteiger partial charge in [-0.05, 0) is 64.8 Å². The molecule has 0 saturated heterocycles. The summed E-state index contributed by atoms with van der Waals surface area (Å²) in [4.78, 5) is 38.5. The standard InChI is InChI=1S/C31H47N5O6Si/c1-10-11-25(35-30(38)42-31(4,5)6)29-34-27(19-36(29)21-40-16-17-43(7,8)9)24-14-13-23(32-20-41-39)18-26(24)33-28(37)15-12-22(2)3/h10,13-14,18-20,25,39H,1-2,11-12,15-17,21H2,3-9H3,(H,33,37)(H,35,38). The Morgan fingerprint density at radius 2 is 1.95 bits per heavy atom. The van der Waals surface area contributed by atoms with Crippen LogP contribution in [0.1, 0.15) is 58.8 Å². The molecule has 0 fully saturated rings. The molecule has 0 bridgehead atoms. The Bertz CT molecular complexity index is 1290. The molecular weight excluding hydrogens is 566 g/mol. The van der Waals surface area contributed by atoms with Crippen LogP contribution < -0.4 is 10.6 Å². The lowest BCUT2D eigenvalue weighted by molar-refractivity contribution is -0.147. The van der Waals surface area contributed by atoms with Crippen LogP contribution in [0.3, 0.4) is 0 Å². The highest BCUT2D eigenvalue weighted by Gasteiger charge is 2.25. The molecule has 1 heterocycles. The van der Waals surface area contributed by atoms with Gasteiger partial charge < -0.3 is 29.6 Å². The Labute approximate surface area is 256 Å². The fourth-order valence-electron chi connectivity index (χ4n) is 3.89. The molecule has 12 heteroatoms. The van der Waals surface area contributed by atoms with E-state index in [0.29, 0.717) is 47.9 Å². The van der Waals surface area contributed by atoms with Gasteiger partial charge in [0.1, 0.15) is 18.2 Å². The first-order chi connectivity index (χ1) is 20.1. The predicted molar refractivity (Wildman–Crippen MR) is 173 cm³/mol. The monoisotopic (exact) mass is 613 g/mol. The molecule has 1 atom stereocenters. The van der Waals surface area contributed by atoms with Gasteiger partial charge >= 0.3 is 6.09 Å². The van der Waals surface area contributed by atoms with E-state index in [1.165, 1.54) is 0 Å². The van der Waals surface area contributed by atoms with Crippen LogP contribution in [0, 0.1) is 0 Å². The summed E-state index contributed by atoms with van der Waals surface area (Å²) in [6.07, 6.45) is 5.04. The van der Waals surface area contributed by atoms with Crippen LogP contribution in [-0.4, -0.2) is 53.5 Å². The molecule has 11 nitrogen and oxygen atoms in total. The number of aliphatic imine (C=N–C) groups is 1. The number of amides is 2. The number of carbonyl (C=O) groups excluding carboxylic acids is 2. The van der Waals surface area contributed by atoms with Crippen molar-refractivity contribution in [2.45, 2.75) is 91.0 Å². The van der Waals surface area contributed by atoms with E-state index in [1.54, 1.807) is 45.0 Å². The highest BCUT2D eigenvalue weighted by atomic mass is 28.3. The number of ether oxygens (including phenoxy) is 2. The number of hydrogen-bond acceptors (Lipinski definition) is 8. The first-order valence-electron chi connectivity index (χ1n) is 14.3. The summed E-state index contributed by atoms with van der Waals surface area (Å²) in [5.41, 5.74) is 2.31. The maximum atomic E-state index is 12.8. The molecule has 3 N–H and O–H groups in total. The largest absolute Gasteiger partial charge is 0.444 e. The van der Waals surface area contributed by atoms with Crippen molar-refractivity contribution in [1.29, 1.82) is 0 Å². The van der Waals surface area contributed by atoms with E-state index < -0.39 is 25.8 Å². The Morgan fingerprint density at radius 3 is 2.56 bits per heavy atom. The molecule has 43 heavy (non-hydrogen) atoms. The lowest BCUT2D eigenvalue weighted by Crippen LogP contribution is -2.36. The minimum absolute atomic E-state index is 0.200. The Hall–Kier alpha value is -3.74. The van der Waals surface area contributed by atoms with Crippen molar-refractivity contribution in [1.82, 2.24) is 14.9 Å². The van der Waals surface area contributed by atoms with Crippen molar-refractivity contribution < 1.29 is 29.2 Å². The van der Waals surface area contributed by atoms with Crippen molar-refractivity contribution in [3.8, 4) is 11.3 Å². The third-order valence-electron chi connectivity index (χ3n) is 6.02. The van der Waals surface area contributed by atoms with Gasteiger partial charge in [0.2, 0.25) is 12.3 Å². The summed E-state index contributed by atoms with van der Waals surface area (Å²) >= 11 is 0. The van der Waals surface area contributed by atoms with Crippen LogP contribution in [0.2, 0.25) is 25.7 Å². The second kappa shape index (κ2) is 16.2. The van der Waals surface area contributed by atoms with E-state index in [1.807, 2.05) is 17.7 Å². The number of allylic oxidation sites excluding steroid dienone is 1. The van der Waals surface area contributed by atoms with Crippen molar-refractivity contribution >= 4 is 37.8 Å². The van der Waals surface area contributed by atoms with Gasteiger partial charge in [-0.25, -0.2) is 20.0 Å². The van der Waals surface area contributed by atoms with Crippen LogP contribution >= 0.6 is 0 Å². The van der Waals surface area contributed by atoms with E-state index in [0.717, 1.165) is 18.0 Å². The summed E-state index contributed by atoms with van der Waals surface area (Å²) in [5, 5.41) is 14.6. The molecule has 1 unspecified atom stereocenters. The Morgan fingerprint density at radius 1 is 1.23 bits per heavy atom. The number of hydrogen-bond donors (Lipinski definition) is 3. The second-order valence-corrected chi connectivity index (χ2v) is 18.2. The Kier molecular flexibility index (Phi) is 13.4. The number of alkyl carbamates (subject to hydrolysis) is 1. The number of aromatic nitrogens is 2. The molecule has 0 saturated carbocycles. The zero-order valence-corrected chi connectivity index (χ0v) is 27.5. The molecule has 236 valence electrons. The number of nitrogens with zero attached hydrogens (tertiary/aromatic N) is 3. The molecule has 0 spiro atoms. The number of rotatable bonds is 16. The fraction of sp³-hybridized carbons (Fsp3) is 0.484. The van der Waals surface area contributed by atoms with Crippen LogP contribution in [0.4, 0.5) is 16.2 Å². The molecule has 2 amide bonds. The van der Waals surface area contributed by atoms with Gasteiger partial charge in [0.25, 0.3) is 0 Å². The third-order valence-corrected chi connectivity index (χ3v) is 7.72. The predicted octanol–water partition coefficient (Wildman–Crippen LogP) is 7.45. The molecule has 2 aromatic rings. The van der Waals surface area contributed by atoms with Crippen molar-refractivity contribution in [2.24, 2.45) is 4.99 Å². The van der Waals surface area contributed by atoms with E-state index in [4.69, 9.17) is 19.7 Å². The highest BCUT2D eigenvalue weighted by Crippen LogP contribution is 2.33. The van der Waals surface area contributed by atoms with Gasteiger partial charge in [0.15, 0.2) is 0 Å². The summed E-state index contributed by atoms with van der Waals surface area (Å²) in [6.45, 7) is 22.7. The van der Waals surface area contributed by atoms with E-state index in [2.05, 4.69) is 53.3 Å². The van der Waals surface area contributed by atoms with Gasteiger partial charge in [-0.3, -0.25) is 4.79 Å². The number of anilines is 1. The number of nitrogens with one attached hydrogen (secondary N) is 2. The SMILES string of the molecule is C=CCC(NC(=O)OC(C)(C)C)c1nc(-c2ccc(N=COO)cc2NC(=O)CCC(=C)C)cn1COCC[Si](C)(C)C. The third kappa shape index (κ3) is 13.0. The molecule has 0 radical (unpaired) electrons. The fourth-order valence-corrected chi connectivity index (χ4v) is 4.65. The normalized spacial score (nSPS) is 12.6. The zero-order valence-electron chi connectivity index (χ0n) is 26.5. The van der Waals surface area contributed by atoms with Crippen LogP contribution in [0.5, 0.6) is 0 Å². The van der Waals surface area contributed by atoms with Crippen molar-refractivity contribution in [2.75, 3.05) is 11.9 Å². The lowest BCUT2D eigenvalue weighted by atomic mass is 10.1. The smallest absolute Gasteiger partial charge is 0.408 e. The van der Waals surface area contributed by atoms with Crippen molar-refractivity contribution in [3.63, 3.8) is 0 Å². The quantitative estimate of drug-likeness (QED) is 0.0340. The maximum absolute atomic E-state index is 12.8. The molecule has 0 aliphatic heterocycles. The summed E-state index contributed by atoms with van der Waals surface area (Å²) in [7, 11) is -1.31. The maximum Gasteiger partial charge on any atom is 0.408 e. The van der Waals surface area contributed by atoms with Gasteiger partial charge in [-0.15, -0.1) is 13.2 Å². The topological polar surface area (TPSA) is 136 Å². The summed E-state index contributed by atoms with van der Waals surface area (Å²) in [5.74, 6) is 0.346. The number of benzene rings is 1. The summed E-state index contributed by atoms with van der Waals surface area (Å²) < 4.78 is 13.4. The van der Waals surface area contributed by atoms with E-state index >= 15 is 0 Å². The van der Waals surface area contributed by atoms with Crippen LogP contribution in [-0.2, 0) is 25.9 Å². The minimum Gasteiger partial charge on any atom is -0.444 e. The average molecular weight is 614 g/mol. The molecular formula is C31H47N5O6Si. The van der Waals surface area contributed by atoms with Gasteiger partial charge in [-0.1, -0.05) is 31.3 Å².